The predicted octanol–water partition coefficient (Wildman–Crippen LogP) is 2.22. The normalized spacial score (nSPS) is 17.0. The van der Waals surface area contributed by atoms with Crippen molar-refractivity contribution in [2.24, 2.45) is 0 Å². The zero-order valence-electron chi connectivity index (χ0n) is 9.87. The molecule has 2 heterocycles. The third kappa shape index (κ3) is 1.97. The highest BCUT2D eigenvalue weighted by Gasteiger charge is 2.24. The van der Waals surface area contributed by atoms with Crippen LogP contribution >= 0.6 is 0 Å². The lowest BCUT2D eigenvalue weighted by Crippen LogP contribution is -2.12. The van der Waals surface area contributed by atoms with Crippen molar-refractivity contribution >= 4 is 5.82 Å². The highest BCUT2D eigenvalue weighted by atomic mass is 16.5. The van der Waals surface area contributed by atoms with Crippen molar-refractivity contribution in [2.45, 2.75) is 5.92 Å². The number of ether oxygens (including phenoxy) is 2. The van der Waals surface area contributed by atoms with Gasteiger partial charge in [-0.1, -0.05) is 18.2 Å². The summed E-state index contributed by atoms with van der Waals surface area (Å²) in [5.41, 5.74) is 6.93. The molecule has 3 rings (SSSR count). The minimum absolute atomic E-state index is 0.251. The van der Waals surface area contributed by atoms with Crippen LogP contribution in [-0.2, 0) is 0 Å². The predicted molar refractivity (Wildman–Crippen MR) is 68.8 cm³/mol. The molecule has 4 heteroatoms. The lowest BCUT2D eigenvalue weighted by Gasteiger charge is -2.12. The molecule has 0 spiro atoms. The van der Waals surface area contributed by atoms with Gasteiger partial charge in [0.05, 0.1) is 19.1 Å². The smallest absolute Gasteiger partial charge is 0.166 e. The number of nitrogen functional groups attached to an aromatic ring is 1. The molecule has 1 aliphatic rings. The SMILES string of the molecule is Nc1ncccc1OCC1COc2ccccc21. The van der Waals surface area contributed by atoms with Crippen molar-refractivity contribution in [1.29, 1.82) is 0 Å². The summed E-state index contributed by atoms with van der Waals surface area (Å²) < 4.78 is 11.3. The fourth-order valence-electron chi connectivity index (χ4n) is 2.08. The molecule has 0 radical (unpaired) electrons. The van der Waals surface area contributed by atoms with E-state index in [-0.39, 0.29) is 5.92 Å². The molecule has 2 aromatic rings. The van der Waals surface area contributed by atoms with Gasteiger partial charge < -0.3 is 15.2 Å². The number of fused-ring (bicyclic) bond motifs is 1. The first-order valence-electron chi connectivity index (χ1n) is 5.89. The van der Waals surface area contributed by atoms with Gasteiger partial charge in [-0.25, -0.2) is 4.98 Å². The highest BCUT2D eigenvalue weighted by Crippen LogP contribution is 2.34. The molecule has 0 saturated heterocycles. The van der Waals surface area contributed by atoms with Gasteiger partial charge in [0.25, 0.3) is 0 Å². The minimum Gasteiger partial charge on any atom is -0.493 e. The number of pyridine rings is 1. The average molecular weight is 242 g/mol. The molecule has 0 saturated carbocycles. The van der Waals surface area contributed by atoms with Crippen molar-refractivity contribution < 1.29 is 9.47 Å². The molecule has 0 fully saturated rings. The van der Waals surface area contributed by atoms with Gasteiger partial charge >= 0.3 is 0 Å². The van der Waals surface area contributed by atoms with E-state index in [0.29, 0.717) is 24.8 Å². The Hall–Kier alpha value is -2.23. The number of para-hydroxylation sites is 1. The van der Waals surface area contributed by atoms with Crippen LogP contribution in [0.3, 0.4) is 0 Å². The van der Waals surface area contributed by atoms with E-state index in [0.717, 1.165) is 5.75 Å². The highest BCUT2D eigenvalue weighted by molar-refractivity contribution is 5.45. The van der Waals surface area contributed by atoms with E-state index in [9.17, 15) is 0 Å². The van der Waals surface area contributed by atoms with Gasteiger partial charge in [-0.2, -0.15) is 0 Å². The first kappa shape index (κ1) is 10.9. The molecule has 4 nitrogen and oxygen atoms in total. The van der Waals surface area contributed by atoms with Gasteiger partial charge in [0, 0.05) is 11.8 Å². The lowest BCUT2D eigenvalue weighted by molar-refractivity contribution is 0.249. The van der Waals surface area contributed by atoms with Crippen molar-refractivity contribution in [3.05, 3.63) is 48.2 Å². The quantitative estimate of drug-likeness (QED) is 0.896. The summed E-state index contributed by atoms with van der Waals surface area (Å²) in [5.74, 6) is 2.25. The van der Waals surface area contributed by atoms with Crippen molar-refractivity contribution in [3.63, 3.8) is 0 Å². The molecule has 1 aromatic carbocycles. The molecule has 1 unspecified atom stereocenters. The van der Waals surface area contributed by atoms with Gasteiger partial charge in [-0.3, -0.25) is 0 Å². The molecule has 1 aliphatic heterocycles. The van der Waals surface area contributed by atoms with Crippen LogP contribution in [0.5, 0.6) is 11.5 Å². The Labute approximate surface area is 105 Å². The van der Waals surface area contributed by atoms with Crippen LogP contribution in [0.15, 0.2) is 42.6 Å². The van der Waals surface area contributed by atoms with E-state index >= 15 is 0 Å². The minimum atomic E-state index is 0.251. The number of anilines is 1. The summed E-state index contributed by atoms with van der Waals surface area (Å²) in [4.78, 5) is 3.99. The van der Waals surface area contributed by atoms with Crippen LogP contribution in [0.25, 0.3) is 0 Å². The number of benzene rings is 1. The second kappa shape index (κ2) is 4.56. The van der Waals surface area contributed by atoms with Crippen LogP contribution in [0.4, 0.5) is 5.82 Å². The van der Waals surface area contributed by atoms with Crippen molar-refractivity contribution in [2.75, 3.05) is 18.9 Å². The fourth-order valence-corrected chi connectivity index (χ4v) is 2.08. The van der Waals surface area contributed by atoms with Crippen LogP contribution in [-0.4, -0.2) is 18.2 Å². The Morgan fingerprint density at radius 3 is 3.06 bits per heavy atom. The molecule has 0 aliphatic carbocycles. The van der Waals surface area contributed by atoms with Gasteiger partial charge in [-0.15, -0.1) is 0 Å². The van der Waals surface area contributed by atoms with E-state index < -0.39 is 0 Å². The lowest BCUT2D eigenvalue weighted by atomic mass is 10.0. The molecule has 92 valence electrons. The van der Waals surface area contributed by atoms with Crippen molar-refractivity contribution in [1.82, 2.24) is 4.98 Å². The Balaban J connectivity index is 1.71. The average Bonchev–Trinajstić information content (AvgIpc) is 2.81. The number of hydrogen-bond acceptors (Lipinski definition) is 4. The zero-order valence-corrected chi connectivity index (χ0v) is 9.87. The maximum atomic E-state index is 5.73. The Bertz CT molecular complexity index is 557. The first-order valence-corrected chi connectivity index (χ1v) is 5.89. The summed E-state index contributed by atoms with van der Waals surface area (Å²) >= 11 is 0. The fraction of sp³-hybridized carbons (Fsp3) is 0.214. The van der Waals surface area contributed by atoms with E-state index in [1.807, 2.05) is 30.3 Å². The van der Waals surface area contributed by atoms with E-state index in [4.69, 9.17) is 15.2 Å². The van der Waals surface area contributed by atoms with E-state index in [2.05, 4.69) is 11.1 Å². The molecule has 1 aromatic heterocycles. The summed E-state index contributed by atoms with van der Waals surface area (Å²) in [6.07, 6.45) is 1.65. The number of hydrogen-bond donors (Lipinski definition) is 1. The number of nitrogens with two attached hydrogens (primary N) is 1. The number of nitrogens with zero attached hydrogens (tertiary/aromatic N) is 1. The second-order valence-corrected chi connectivity index (χ2v) is 4.24. The van der Waals surface area contributed by atoms with Gasteiger partial charge in [0.2, 0.25) is 0 Å². The van der Waals surface area contributed by atoms with Crippen LogP contribution in [0, 0.1) is 0 Å². The zero-order chi connectivity index (χ0) is 12.4. The summed E-state index contributed by atoms with van der Waals surface area (Å²) in [7, 11) is 0. The Kier molecular flexibility index (Phi) is 2.76. The summed E-state index contributed by atoms with van der Waals surface area (Å²) in [6.45, 7) is 1.20. The van der Waals surface area contributed by atoms with Crippen molar-refractivity contribution in [3.8, 4) is 11.5 Å². The topological polar surface area (TPSA) is 57.4 Å². The monoisotopic (exact) mass is 242 g/mol. The molecule has 0 amide bonds. The van der Waals surface area contributed by atoms with Gasteiger partial charge in [-0.05, 0) is 18.2 Å². The van der Waals surface area contributed by atoms with Crippen LogP contribution < -0.4 is 15.2 Å². The maximum Gasteiger partial charge on any atom is 0.166 e. The van der Waals surface area contributed by atoms with Gasteiger partial charge in [0.15, 0.2) is 11.6 Å². The molecular formula is C14H14N2O2. The summed E-state index contributed by atoms with van der Waals surface area (Å²) in [5, 5.41) is 0. The largest absolute Gasteiger partial charge is 0.493 e. The number of aromatic nitrogens is 1. The third-order valence-corrected chi connectivity index (χ3v) is 3.04. The maximum absolute atomic E-state index is 5.73. The third-order valence-electron chi connectivity index (χ3n) is 3.04. The standard InChI is InChI=1S/C14H14N2O2/c15-14-13(6-3-7-16-14)18-9-10-8-17-12-5-2-1-4-11(10)12/h1-7,10H,8-9H2,(H2,15,16). The van der Waals surface area contributed by atoms with E-state index in [1.165, 1.54) is 5.56 Å². The Morgan fingerprint density at radius 2 is 2.17 bits per heavy atom. The Morgan fingerprint density at radius 1 is 1.28 bits per heavy atom. The van der Waals surface area contributed by atoms with Gasteiger partial charge in [0.1, 0.15) is 5.75 Å². The molecule has 1 atom stereocenters. The molecular weight excluding hydrogens is 228 g/mol. The van der Waals surface area contributed by atoms with E-state index in [1.54, 1.807) is 6.20 Å². The number of rotatable bonds is 3. The molecule has 2 N–H and O–H groups in total. The molecule has 0 bridgehead atoms. The van der Waals surface area contributed by atoms with Crippen LogP contribution in [0.1, 0.15) is 11.5 Å². The van der Waals surface area contributed by atoms with Crippen LogP contribution in [0.2, 0.25) is 0 Å². The summed E-state index contributed by atoms with van der Waals surface area (Å²) in [6, 6.07) is 11.7. The molecule has 18 heavy (non-hydrogen) atoms. The first-order chi connectivity index (χ1) is 8.84. The second-order valence-electron chi connectivity index (χ2n) is 4.24.